The summed E-state index contributed by atoms with van der Waals surface area (Å²) < 4.78 is 27.3. The minimum Gasteiger partial charge on any atom is -0.283 e. The number of nitro benzene ring substituents is 1. The lowest BCUT2D eigenvalue weighted by Crippen LogP contribution is -2.15. The number of benzene rings is 2. The van der Waals surface area contributed by atoms with Gasteiger partial charge in [0.15, 0.2) is 0 Å². The molecule has 0 heterocycles. The average Bonchev–Trinajstić information content (AvgIpc) is 2.37. The van der Waals surface area contributed by atoms with E-state index in [1.165, 1.54) is 24.3 Å². The van der Waals surface area contributed by atoms with Gasteiger partial charge in [0.25, 0.3) is 5.69 Å². The Morgan fingerprint density at radius 2 is 1.86 bits per heavy atom. The highest BCUT2D eigenvalue weighted by Crippen LogP contribution is 2.19. The third-order valence-corrected chi connectivity index (χ3v) is 4.33. The number of halogens is 1. The van der Waals surface area contributed by atoms with Crippen molar-refractivity contribution in [3.05, 3.63) is 68.7 Å². The van der Waals surface area contributed by atoms with Crippen molar-refractivity contribution in [2.45, 2.75) is 5.75 Å². The van der Waals surface area contributed by atoms with Crippen LogP contribution in [0.4, 0.5) is 11.4 Å². The molecule has 1 N–H and O–H groups in total. The van der Waals surface area contributed by atoms with Gasteiger partial charge in [-0.3, -0.25) is 14.8 Å². The molecule has 0 amide bonds. The van der Waals surface area contributed by atoms with E-state index in [0.717, 1.165) is 4.47 Å². The molecule has 0 saturated carbocycles. The lowest BCUT2D eigenvalue weighted by atomic mass is 10.2. The SMILES string of the molecule is O=[N+]([O-])c1cccc(CS(=O)(=O)Nc2cccc(Br)c2)c1. The molecule has 2 rings (SSSR count). The summed E-state index contributed by atoms with van der Waals surface area (Å²) in [6, 6.07) is 12.3. The first-order valence-electron chi connectivity index (χ1n) is 5.85. The highest BCUT2D eigenvalue weighted by atomic mass is 79.9. The molecule has 0 atom stereocenters. The second-order valence-corrected chi connectivity index (χ2v) is 6.94. The molecule has 0 aliphatic carbocycles. The largest absolute Gasteiger partial charge is 0.283 e. The van der Waals surface area contributed by atoms with Gasteiger partial charge in [0.1, 0.15) is 0 Å². The molecule has 0 fully saturated rings. The molecule has 8 heteroatoms. The molecule has 21 heavy (non-hydrogen) atoms. The predicted octanol–water partition coefficient (Wildman–Crippen LogP) is 3.30. The molecule has 0 bridgehead atoms. The van der Waals surface area contributed by atoms with Crippen LogP contribution in [0.15, 0.2) is 53.0 Å². The van der Waals surface area contributed by atoms with Gasteiger partial charge in [0, 0.05) is 22.3 Å². The third-order valence-electron chi connectivity index (χ3n) is 2.58. The van der Waals surface area contributed by atoms with Crippen molar-refractivity contribution in [2.24, 2.45) is 0 Å². The van der Waals surface area contributed by atoms with Crippen LogP contribution in [0.2, 0.25) is 0 Å². The predicted molar refractivity (Wildman–Crippen MR) is 83.5 cm³/mol. The van der Waals surface area contributed by atoms with E-state index in [1.54, 1.807) is 24.3 Å². The minimum absolute atomic E-state index is 0.134. The second-order valence-electron chi connectivity index (χ2n) is 4.30. The summed E-state index contributed by atoms with van der Waals surface area (Å²) in [6.45, 7) is 0. The first-order valence-corrected chi connectivity index (χ1v) is 8.30. The van der Waals surface area contributed by atoms with Crippen molar-refractivity contribution < 1.29 is 13.3 Å². The average molecular weight is 371 g/mol. The number of rotatable bonds is 5. The van der Waals surface area contributed by atoms with Gasteiger partial charge < -0.3 is 0 Å². The minimum atomic E-state index is -3.64. The van der Waals surface area contributed by atoms with Crippen molar-refractivity contribution in [1.82, 2.24) is 0 Å². The third kappa shape index (κ3) is 4.54. The number of nitrogens with zero attached hydrogens (tertiary/aromatic N) is 1. The van der Waals surface area contributed by atoms with E-state index in [0.29, 0.717) is 11.3 Å². The van der Waals surface area contributed by atoms with E-state index < -0.39 is 14.9 Å². The quantitative estimate of drug-likeness (QED) is 0.645. The smallest absolute Gasteiger partial charge is 0.269 e. The van der Waals surface area contributed by atoms with Crippen LogP contribution in [0.3, 0.4) is 0 Å². The highest BCUT2D eigenvalue weighted by Gasteiger charge is 2.14. The zero-order chi connectivity index (χ0) is 15.5. The molecule has 0 unspecified atom stereocenters. The molecule has 0 saturated heterocycles. The maximum Gasteiger partial charge on any atom is 0.269 e. The maximum absolute atomic E-state index is 12.1. The summed E-state index contributed by atoms with van der Waals surface area (Å²) in [5, 5.41) is 10.7. The Morgan fingerprint density at radius 1 is 1.14 bits per heavy atom. The van der Waals surface area contributed by atoms with Crippen LogP contribution in [0.5, 0.6) is 0 Å². The van der Waals surface area contributed by atoms with E-state index in [9.17, 15) is 18.5 Å². The van der Waals surface area contributed by atoms with Crippen molar-refractivity contribution in [3.8, 4) is 0 Å². The Labute approximate surface area is 130 Å². The van der Waals surface area contributed by atoms with Crippen LogP contribution < -0.4 is 4.72 Å². The lowest BCUT2D eigenvalue weighted by Gasteiger charge is -2.08. The monoisotopic (exact) mass is 370 g/mol. The fourth-order valence-corrected chi connectivity index (χ4v) is 3.32. The topological polar surface area (TPSA) is 89.3 Å². The Bertz CT molecular complexity index is 777. The van der Waals surface area contributed by atoms with Gasteiger partial charge in [0.05, 0.1) is 10.7 Å². The summed E-state index contributed by atoms with van der Waals surface area (Å²) in [4.78, 5) is 10.1. The van der Waals surface area contributed by atoms with Crippen LogP contribution in [0.25, 0.3) is 0 Å². The molecule has 0 aliphatic rings. The van der Waals surface area contributed by atoms with Crippen molar-refractivity contribution in [3.63, 3.8) is 0 Å². The zero-order valence-electron chi connectivity index (χ0n) is 10.7. The maximum atomic E-state index is 12.1. The summed E-state index contributed by atoms with van der Waals surface area (Å²) in [6.07, 6.45) is 0. The summed E-state index contributed by atoms with van der Waals surface area (Å²) >= 11 is 3.25. The summed E-state index contributed by atoms with van der Waals surface area (Å²) in [5.74, 6) is -0.332. The van der Waals surface area contributed by atoms with Crippen molar-refractivity contribution in [1.29, 1.82) is 0 Å². The molecule has 0 aliphatic heterocycles. The van der Waals surface area contributed by atoms with Gasteiger partial charge in [-0.05, 0) is 23.8 Å². The van der Waals surface area contributed by atoms with Gasteiger partial charge in [0.2, 0.25) is 10.0 Å². The molecule has 6 nitrogen and oxygen atoms in total. The number of hydrogen-bond donors (Lipinski definition) is 1. The number of sulfonamides is 1. The van der Waals surface area contributed by atoms with Crippen LogP contribution in [-0.2, 0) is 15.8 Å². The number of nitro groups is 1. The number of non-ortho nitro benzene ring substituents is 1. The van der Waals surface area contributed by atoms with E-state index in [2.05, 4.69) is 20.7 Å². The Morgan fingerprint density at radius 3 is 2.52 bits per heavy atom. The molecule has 0 radical (unpaired) electrons. The highest BCUT2D eigenvalue weighted by molar-refractivity contribution is 9.10. The second kappa shape index (κ2) is 6.23. The molecule has 110 valence electrons. The summed E-state index contributed by atoms with van der Waals surface area (Å²) in [7, 11) is -3.64. The normalized spacial score (nSPS) is 11.1. The number of anilines is 1. The zero-order valence-corrected chi connectivity index (χ0v) is 13.1. The first-order chi connectivity index (χ1) is 9.85. The molecular weight excluding hydrogens is 360 g/mol. The Kier molecular flexibility index (Phi) is 4.59. The van der Waals surface area contributed by atoms with Gasteiger partial charge in [-0.1, -0.05) is 34.1 Å². The fraction of sp³-hybridized carbons (Fsp3) is 0.0769. The number of nitrogens with one attached hydrogen (secondary N) is 1. The lowest BCUT2D eigenvalue weighted by molar-refractivity contribution is -0.384. The first kappa shape index (κ1) is 15.5. The standard InChI is InChI=1S/C13H11BrN2O4S/c14-11-4-2-5-12(8-11)15-21(19,20)9-10-3-1-6-13(7-10)16(17)18/h1-8,15H,9H2. The van der Waals surface area contributed by atoms with Crippen molar-refractivity contribution in [2.75, 3.05) is 4.72 Å². The summed E-state index contributed by atoms with van der Waals surface area (Å²) in [5.41, 5.74) is 0.645. The van der Waals surface area contributed by atoms with Gasteiger partial charge in [-0.2, -0.15) is 0 Å². The van der Waals surface area contributed by atoms with Crippen LogP contribution >= 0.6 is 15.9 Å². The van der Waals surface area contributed by atoms with Crippen molar-refractivity contribution >= 4 is 37.3 Å². The van der Waals surface area contributed by atoms with E-state index in [-0.39, 0.29) is 11.4 Å². The molecule has 0 aromatic heterocycles. The fourth-order valence-electron chi connectivity index (χ4n) is 1.75. The van der Waals surface area contributed by atoms with Gasteiger partial charge in [-0.15, -0.1) is 0 Å². The molecule has 2 aromatic rings. The van der Waals surface area contributed by atoms with Crippen LogP contribution in [0.1, 0.15) is 5.56 Å². The molecular formula is C13H11BrN2O4S. The van der Waals surface area contributed by atoms with E-state index in [1.807, 2.05) is 0 Å². The molecule has 2 aromatic carbocycles. The number of hydrogen-bond acceptors (Lipinski definition) is 4. The van der Waals surface area contributed by atoms with E-state index in [4.69, 9.17) is 0 Å². The van der Waals surface area contributed by atoms with E-state index >= 15 is 0 Å². The molecule has 0 spiro atoms. The van der Waals surface area contributed by atoms with Crippen LogP contribution in [0, 0.1) is 10.1 Å². The van der Waals surface area contributed by atoms with Gasteiger partial charge >= 0.3 is 0 Å². The Hall–Kier alpha value is -1.93. The van der Waals surface area contributed by atoms with Gasteiger partial charge in [-0.25, -0.2) is 8.42 Å². The van der Waals surface area contributed by atoms with Crippen LogP contribution in [-0.4, -0.2) is 13.3 Å². The Balaban J connectivity index is 2.18.